The maximum atomic E-state index is 13.2. The molecule has 7 heteroatoms. The highest BCUT2D eigenvalue weighted by Crippen LogP contribution is 2.41. The molecule has 5 aromatic rings. The number of rotatable bonds is 6. The summed E-state index contributed by atoms with van der Waals surface area (Å²) in [5.41, 5.74) is 4.14. The lowest BCUT2D eigenvalue weighted by Crippen LogP contribution is -2.08. The summed E-state index contributed by atoms with van der Waals surface area (Å²) in [6, 6.07) is 17.8. The van der Waals surface area contributed by atoms with Gasteiger partial charge >= 0.3 is 5.63 Å². The quantitative estimate of drug-likeness (QED) is 0.268. The fraction of sp³-hybridized carbons (Fsp3) is 0.194. The summed E-state index contributed by atoms with van der Waals surface area (Å²) in [7, 11) is 1.54. The van der Waals surface area contributed by atoms with Gasteiger partial charge in [-0.25, -0.2) is 14.8 Å². The zero-order valence-corrected chi connectivity index (χ0v) is 21.1. The number of ether oxygens (including phenoxy) is 1. The molecule has 3 aromatic carbocycles. The van der Waals surface area contributed by atoms with Gasteiger partial charge in [-0.2, -0.15) is 0 Å². The second-order valence-electron chi connectivity index (χ2n) is 9.63. The van der Waals surface area contributed by atoms with E-state index < -0.39 is 5.63 Å². The standard InChI is InChI=1S/C31H26N2O5/c1-17-22-12-13-25(34)24(29(22)38-31(36)27(17)18-6-4-3-5-7-18)14-20-16-32-30(19-8-9-19)33-28(20)23-11-10-21(37-2)15-26(23)35/h3-7,10-13,15-16,19,34-35H,8-9,14H2,1-2H3. The van der Waals surface area contributed by atoms with E-state index in [-0.39, 0.29) is 17.9 Å². The minimum absolute atomic E-state index is 0.00341. The molecule has 6 rings (SSSR count). The van der Waals surface area contributed by atoms with Crippen molar-refractivity contribution >= 4 is 11.0 Å². The zero-order chi connectivity index (χ0) is 26.4. The average Bonchev–Trinajstić information content (AvgIpc) is 3.77. The first kappa shape index (κ1) is 23.7. The van der Waals surface area contributed by atoms with Crippen LogP contribution in [0.1, 0.15) is 41.3 Å². The van der Waals surface area contributed by atoms with Gasteiger partial charge in [0.05, 0.1) is 18.4 Å². The van der Waals surface area contributed by atoms with Gasteiger partial charge in [-0.15, -0.1) is 0 Å². The smallest absolute Gasteiger partial charge is 0.344 e. The highest BCUT2D eigenvalue weighted by Gasteiger charge is 2.28. The van der Waals surface area contributed by atoms with Crippen LogP contribution in [-0.2, 0) is 6.42 Å². The predicted octanol–water partition coefficient (Wildman–Crippen LogP) is 6.11. The lowest BCUT2D eigenvalue weighted by atomic mass is 9.94. The van der Waals surface area contributed by atoms with Crippen molar-refractivity contribution in [3.8, 4) is 39.6 Å². The molecular weight excluding hydrogens is 480 g/mol. The Morgan fingerprint density at radius 1 is 1.03 bits per heavy atom. The number of aryl methyl sites for hydroxylation is 1. The van der Waals surface area contributed by atoms with E-state index in [1.54, 1.807) is 36.5 Å². The summed E-state index contributed by atoms with van der Waals surface area (Å²) in [4.78, 5) is 22.6. The Morgan fingerprint density at radius 2 is 1.82 bits per heavy atom. The number of aromatic hydroxyl groups is 2. The Kier molecular flexibility index (Phi) is 5.83. The average molecular weight is 507 g/mol. The predicted molar refractivity (Wildman–Crippen MR) is 145 cm³/mol. The maximum Gasteiger partial charge on any atom is 0.344 e. The summed E-state index contributed by atoms with van der Waals surface area (Å²) in [5.74, 6) is 1.61. The molecule has 0 bridgehead atoms. The Bertz CT molecular complexity index is 1740. The second-order valence-corrected chi connectivity index (χ2v) is 9.63. The van der Waals surface area contributed by atoms with Gasteiger partial charge in [0.1, 0.15) is 28.7 Å². The van der Waals surface area contributed by atoms with E-state index in [4.69, 9.17) is 14.1 Å². The van der Waals surface area contributed by atoms with Crippen molar-refractivity contribution in [2.75, 3.05) is 7.11 Å². The van der Waals surface area contributed by atoms with Crippen molar-refractivity contribution in [1.29, 1.82) is 0 Å². The van der Waals surface area contributed by atoms with Gasteiger partial charge in [0.25, 0.3) is 0 Å². The van der Waals surface area contributed by atoms with Crippen molar-refractivity contribution in [3.63, 3.8) is 0 Å². The van der Waals surface area contributed by atoms with Crippen LogP contribution >= 0.6 is 0 Å². The number of phenols is 2. The molecule has 0 saturated heterocycles. The topological polar surface area (TPSA) is 106 Å². The number of fused-ring (bicyclic) bond motifs is 1. The first-order chi connectivity index (χ1) is 18.4. The summed E-state index contributed by atoms with van der Waals surface area (Å²) in [6.07, 6.45) is 4.00. The number of aromatic nitrogens is 2. The molecule has 1 saturated carbocycles. The van der Waals surface area contributed by atoms with Crippen LogP contribution in [-0.4, -0.2) is 27.3 Å². The monoisotopic (exact) mass is 506 g/mol. The van der Waals surface area contributed by atoms with E-state index in [1.807, 2.05) is 37.3 Å². The molecule has 0 amide bonds. The summed E-state index contributed by atoms with van der Waals surface area (Å²) in [5, 5.41) is 22.4. The summed E-state index contributed by atoms with van der Waals surface area (Å²) in [6.45, 7) is 1.89. The molecule has 0 aliphatic heterocycles. The van der Waals surface area contributed by atoms with Crippen LogP contribution in [0.15, 0.2) is 76.1 Å². The third-order valence-corrected chi connectivity index (χ3v) is 7.13. The third-order valence-electron chi connectivity index (χ3n) is 7.13. The zero-order valence-electron chi connectivity index (χ0n) is 21.1. The molecule has 1 aliphatic rings. The molecule has 2 heterocycles. The molecule has 1 aliphatic carbocycles. The largest absolute Gasteiger partial charge is 0.508 e. The molecule has 7 nitrogen and oxygen atoms in total. The van der Waals surface area contributed by atoms with Crippen molar-refractivity contribution in [3.05, 3.63) is 99.8 Å². The van der Waals surface area contributed by atoms with Crippen molar-refractivity contribution in [2.24, 2.45) is 0 Å². The number of phenolic OH excluding ortho intramolecular Hbond substituents is 2. The molecule has 38 heavy (non-hydrogen) atoms. The lowest BCUT2D eigenvalue weighted by Gasteiger charge is -2.15. The minimum atomic E-state index is -0.471. The van der Waals surface area contributed by atoms with Gasteiger partial charge in [0.2, 0.25) is 0 Å². The Labute approximate surface area is 219 Å². The molecule has 2 N–H and O–H groups in total. The van der Waals surface area contributed by atoms with Crippen LogP contribution in [0.3, 0.4) is 0 Å². The number of methoxy groups -OCH3 is 1. The summed E-state index contributed by atoms with van der Waals surface area (Å²) < 4.78 is 11.1. The third kappa shape index (κ3) is 4.16. The van der Waals surface area contributed by atoms with Gasteiger partial charge in [-0.1, -0.05) is 30.3 Å². The number of benzene rings is 3. The van der Waals surface area contributed by atoms with Crippen molar-refractivity contribution < 1.29 is 19.4 Å². The Morgan fingerprint density at radius 3 is 2.53 bits per heavy atom. The number of nitrogens with zero attached hydrogens (tertiary/aromatic N) is 2. The molecule has 1 fully saturated rings. The van der Waals surface area contributed by atoms with E-state index in [1.165, 1.54) is 7.11 Å². The first-order valence-electron chi connectivity index (χ1n) is 12.5. The number of hydrogen-bond acceptors (Lipinski definition) is 7. The van der Waals surface area contributed by atoms with Crippen LogP contribution in [0.5, 0.6) is 17.2 Å². The highest BCUT2D eigenvalue weighted by atomic mass is 16.5. The molecule has 0 radical (unpaired) electrons. The van der Waals surface area contributed by atoms with Crippen LogP contribution in [0.4, 0.5) is 0 Å². The van der Waals surface area contributed by atoms with Crippen molar-refractivity contribution in [2.45, 2.75) is 32.1 Å². The van der Waals surface area contributed by atoms with Gasteiger partial charge in [-0.3, -0.25) is 0 Å². The molecule has 190 valence electrons. The molecule has 0 unspecified atom stereocenters. The fourth-order valence-corrected chi connectivity index (χ4v) is 4.92. The van der Waals surface area contributed by atoms with E-state index >= 15 is 0 Å². The molecule has 0 spiro atoms. The Balaban J connectivity index is 1.51. The van der Waals surface area contributed by atoms with E-state index in [0.717, 1.165) is 35.2 Å². The van der Waals surface area contributed by atoms with Crippen LogP contribution in [0.25, 0.3) is 33.4 Å². The van der Waals surface area contributed by atoms with Gasteiger partial charge in [0.15, 0.2) is 0 Å². The van der Waals surface area contributed by atoms with Crippen LogP contribution in [0, 0.1) is 6.92 Å². The van der Waals surface area contributed by atoms with Gasteiger partial charge in [-0.05, 0) is 55.2 Å². The van der Waals surface area contributed by atoms with E-state index in [9.17, 15) is 15.0 Å². The highest BCUT2D eigenvalue weighted by molar-refractivity contribution is 5.90. The molecule has 2 aromatic heterocycles. The van der Waals surface area contributed by atoms with E-state index in [0.29, 0.717) is 45.2 Å². The maximum absolute atomic E-state index is 13.2. The van der Waals surface area contributed by atoms with E-state index in [2.05, 4.69) is 4.98 Å². The van der Waals surface area contributed by atoms with Gasteiger partial charge < -0.3 is 19.4 Å². The first-order valence-corrected chi connectivity index (χ1v) is 12.5. The van der Waals surface area contributed by atoms with Gasteiger partial charge in [0, 0.05) is 46.7 Å². The molecule has 0 atom stereocenters. The normalized spacial score (nSPS) is 13.1. The summed E-state index contributed by atoms with van der Waals surface area (Å²) >= 11 is 0. The Hall–Kier alpha value is -4.65. The van der Waals surface area contributed by atoms with Crippen LogP contribution < -0.4 is 10.4 Å². The second kappa shape index (κ2) is 9.34. The lowest BCUT2D eigenvalue weighted by molar-refractivity contribution is 0.408. The fourth-order valence-electron chi connectivity index (χ4n) is 4.92. The SMILES string of the molecule is COc1ccc(-c2nc(C3CC3)ncc2Cc2c(O)ccc3c(C)c(-c4ccccc4)c(=O)oc23)c(O)c1. The number of hydrogen-bond donors (Lipinski definition) is 2. The minimum Gasteiger partial charge on any atom is -0.508 e. The van der Waals surface area contributed by atoms with Crippen LogP contribution in [0.2, 0.25) is 0 Å². The van der Waals surface area contributed by atoms with Crippen molar-refractivity contribution in [1.82, 2.24) is 9.97 Å². The molecular formula is C31H26N2O5.